The maximum Gasteiger partial charge on any atom is 0.0312 e. The first-order valence-electron chi connectivity index (χ1n) is 4.20. The zero-order valence-electron chi connectivity index (χ0n) is 6.56. The fraction of sp³-hybridized carbons (Fsp3) is 1.00. The Morgan fingerprint density at radius 2 is 2.50 bits per heavy atom. The lowest BCUT2D eigenvalue weighted by molar-refractivity contribution is 0.371. The van der Waals surface area contributed by atoms with Crippen molar-refractivity contribution < 1.29 is 0 Å². The zero-order chi connectivity index (χ0) is 7.19. The summed E-state index contributed by atoms with van der Waals surface area (Å²) in [5.74, 6) is 1.86. The van der Waals surface area contributed by atoms with E-state index in [4.69, 9.17) is 5.73 Å². The molecule has 0 heterocycles. The molecule has 58 valence electrons. The molecule has 10 heavy (non-hydrogen) atoms. The molecule has 0 aromatic rings. The predicted molar refractivity (Wildman–Crippen MR) is 41.7 cm³/mol. The van der Waals surface area contributed by atoms with E-state index < -0.39 is 0 Å². The van der Waals surface area contributed by atoms with Crippen LogP contribution < -0.4 is 11.1 Å². The molecule has 0 aromatic carbocycles. The molecule has 2 heteroatoms. The summed E-state index contributed by atoms with van der Waals surface area (Å²) in [5.41, 5.74) is 6.36. The Kier molecular flexibility index (Phi) is 1.29. The average molecular weight is 140 g/mol. The highest BCUT2D eigenvalue weighted by molar-refractivity contribution is 5.11. The molecule has 0 bridgehead atoms. The van der Waals surface area contributed by atoms with Crippen LogP contribution in [0.25, 0.3) is 0 Å². The summed E-state index contributed by atoms with van der Waals surface area (Å²) in [4.78, 5) is 0. The minimum atomic E-state index is 0.166. The molecule has 0 saturated heterocycles. The molecule has 3 atom stereocenters. The van der Waals surface area contributed by atoms with Gasteiger partial charge in [-0.2, -0.15) is 0 Å². The first-order valence-corrected chi connectivity index (χ1v) is 4.20. The van der Waals surface area contributed by atoms with Gasteiger partial charge in [0.2, 0.25) is 0 Å². The molecule has 0 radical (unpaired) electrons. The molecule has 2 rings (SSSR count). The molecule has 2 aliphatic rings. The molecular formula is C8H16N2. The van der Waals surface area contributed by atoms with Gasteiger partial charge in [0.05, 0.1) is 0 Å². The molecule has 2 nitrogen and oxygen atoms in total. The molecule has 0 spiro atoms. The lowest BCUT2D eigenvalue weighted by atomic mass is 9.94. The van der Waals surface area contributed by atoms with Gasteiger partial charge in [-0.3, -0.25) is 0 Å². The SMILES string of the molecule is CNCC1(N)CCC2CC21. The topological polar surface area (TPSA) is 38.0 Å². The van der Waals surface area contributed by atoms with Crippen LogP contribution in [0.2, 0.25) is 0 Å². The standard InChI is InChI=1S/C8H16N2/c1-10-5-8(9)3-2-6-4-7(6)8/h6-7,10H,2-5,9H2,1H3. The number of nitrogens with one attached hydrogen (secondary N) is 1. The van der Waals surface area contributed by atoms with E-state index in [1.54, 1.807) is 0 Å². The van der Waals surface area contributed by atoms with E-state index in [0.717, 1.165) is 18.4 Å². The van der Waals surface area contributed by atoms with Crippen molar-refractivity contribution in [2.24, 2.45) is 17.6 Å². The van der Waals surface area contributed by atoms with Crippen LogP contribution in [0.3, 0.4) is 0 Å². The molecule has 0 aromatic heterocycles. The second-order valence-corrected chi connectivity index (χ2v) is 3.90. The van der Waals surface area contributed by atoms with Crippen molar-refractivity contribution >= 4 is 0 Å². The Morgan fingerprint density at radius 3 is 2.90 bits per heavy atom. The van der Waals surface area contributed by atoms with Crippen molar-refractivity contribution in [1.82, 2.24) is 5.32 Å². The minimum absolute atomic E-state index is 0.166. The summed E-state index contributed by atoms with van der Waals surface area (Å²) in [7, 11) is 1.99. The van der Waals surface area contributed by atoms with Crippen LogP contribution in [0.5, 0.6) is 0 Å². The molecule has 2 aliphatic carbocycles. The fourth-order valence-corrected chi connectivity index (χ4v) is 2.46. The first-order chi connectivity index (χ1) is 4.76. The second-order valence-electron chi connectivity index (χ2n) is 3.90. The first kappa shape index (κ1) is 6.62. The third kappa shape index (κ3) is 0.789. The van der Waals surface area contributed by atoms with Crippen LogP contribution in [0, 0.1) is 11.8 Å². The van der Waals surface area contributed by atoms with E-state index in [0.29, 0.717) is 0 Å². The number of nitrogens with two attached hydrogens (primary N) is 1. The normalized spacial score (nSPS) is 51.0. The fourth-order valence-electron chi connectivity index (χ4n) is 2.46. The lowest BCUT2D eigenvalue weighted by Crippen LogP contribution is -2.48. The van der Waals surface area contributed by atoms with Gasteiger partial charge < -0.3 is 11.1 Å². The summed E-state index contributed by atoms with van der Waals surface area (Å²) < 4.78 is 0. The van der Waals surface area contributed by atoms with E-state index in [1.165, 1.54) is 19.3 Å². The highest BCUT2D eigenvalue weighted by atomic mass is 14.9. The molecule has 2 saturated carbocycles. The summed E-state index contributed by atoms with van der Waals surface area (Å²) in [6.45, 7) is 1.01. The molecule has 2 fully saturated rings. The van der Waals surface area contributed by atoms with Gasteiger partial charge in [-0.1, -0.05) is 0 Å². The lowest BCUT2D eigenvalue weighted by Gasteiger charge is -2.25. The van der Waals surface area contributed by atoms with Gasteiger partial charge in [0, 0.05) is 12.1 Å². The summed E-state index contributed by atoms with van der Waals surface area (Å²) in [5, 5.41) is 3.18. The van der Waals surface area contributed by atoms with Crippen molar-refractivity contribution in [3.05, 3.63) is 0 Å². The third-order valence-electron chi connectivity index (χ3n) is 3.15. The minimum Gasteiger partial charge on any atom is -0.324 e. The highest BCUT2D eigenvalue weighted by Crippen LogP contribution is 2.56. The number of hydrogen-bond acceptors (Lipinski definition) is 2. The number of hydrogen-bond donors (Lipinski definition) is 2. The van der Waals surface area contributed by atoms with Crippen molar-refractivity contribution in [3.63, 3.8) is 0 Å². The maximum absolute atomic E-state index is 6.19. The molecule has 3 unspecified atom stereocenters. The van der Waals surface area contributed by atoms with E-state index in [9.17, 15) is 0 Å². The maximum atomic E-state index is 6.19. The van der Waals surface area contributed by atoms with Gasteiger partial charge in [0.15, 0.2) is 0 Å². The summed E-state index contributed by atoms with van der Waals surface area (Å²) in [6, 6.07) is 0. The van der Waals surface area contributed by atoms with Crippen molar-refractivity contribution in [3.8, 4) is 0 Å². The van der Waals surface area contributed by atoms with Crippen molar-refractivity contribution in [1.29, 1.82) is 0 Å². The van der Waals surface area contributed by atoms with Crippen molar-refractivity contribution in [2.75, 3.05) is 13.6 Å². The summed E-state index contributed by atoms with van der Waals surface area (Å²) >= 11 is 0. The van der Waals surface area contributed by atoms with Crippen LogP contribution >= 0.6 is 0 Å². The Morgan fingerprint density at radius 1 is 1.70 bits per heavy atom. The second kappa shape index (κ2) is 1.95. The Bertz CT molecular complexity index is 146. The highest BCUT2D eigenvalue weighted by Gasteiger charge is 2.55. The number of rotatable bonds is 2. The average Bonchev–Trinajstić information content (AvgIpc) is 2.58. The van der Waals surface area contributed by atoms with Crippen molar-refractivity contribution in [2.45, 2.75) is 24.8 Å². The number of fused-ring (bicyclic) bond motifs is 1. The predicted octanol–water partition coefficient (Wildman–Crippen LogP) is 0.333. The van der Waals surface area contributed by atoms with E-state index >= 15 is 0 Å². The molecule has 0 amide bonds. The van der Waals surface area contributed by atoms with E-state index in [1.807, 2.05) is 7.05 Å². The Balaban J connectivity index is 2.00. The van der Waals surface area contributed by atoms with Crippen LogP contribution in [0.4, 0.5) is 0 Å². The van der Waals surface area contributed by atoms with Gasteiger partial charge in [-0.25, -0.2) is 0 Å². The molecular weight excluding hydrogens is 124 g/mol. The van der Waals surface area contributed by atoms with Crippen LogP contribution in [0.15, 0.2) is 0 Å². The monoisotopic (exact) mass is 140 g/mol. The van der Waals surface area contributed by atoms with Gasteiger partial charge in [0.25, 0.3) is 0 Å². The van der Waals surface area contributed by atoms with Crippen LogP contribution in [-0.4, -0.2) is 19.1 Å². The summed E-state index contributed by atoms with van der Waals surface area (Å²) in [6.07, 6.45) is 4.02. The van der Waals surface area contributed by atoms with E-state index in [-0.39, 0.29) is 5.54 Å². The molecule has 0 aliphatic heterocycles. The smallest absolute Gasteiger partial charge is 0.0312 e. The molecule has 3 N–H and O–H groups in total. The van der Waals surface area contributed by atoms with Gasteiger partial charge in [0.1, 0.15) is 0 Å². The quantitative estimate of drug-likeness (QED) is 0.580. The number of likely N-dealkylation sites (N-methyl/N-ethyl adjacent to an activating group) is 1. The largest absolute Gasteiger partial charge is 0.324 e. The van der Waals surface area contributed by atoms with Crippen LogP contribution in [-0.2, 0) is 0 Å². The van der Waals surface area contributed by atoms with Gasteiger partial charge >= 0.3 is 0 Å². The van der Waals surface area contributed by atoms with Crippen LogP contribution in [0.1, 0.15) is 19.3 Å². The Hall–Kier alpha value is -0.0800. The van der Waals surface area contributed by atoms with Gasteiger partial charge in [-0.15, -0.1) is 0 Å². The van der Waals surface area contributed by atoms with Gasteiger partial charge in [-0.05, 0) is 38.1 Å². The Labute approximate surface area is 62.2 Å². The van der Waals surface area contributed by atoms with E-state index in [2.05, 4.69) is 5.32 Å². The zero-order valence-corrected chi connectivity index (χ0v) is 6.56. The third-order valence-corrected chi connectivity index (χ3v) is 3.15.